The van der Waals surface area contributed by atoms with Crippen molar-refractivity contribution in [2.24, 2.45) is 46.3 Å². The van der Waals surface area contributed by atoms with Gasteiger partial charge < -0.3 is 23.7 Å². The summed E-state index contributed by atoms with van der Waals surface area (Å²) in [6, 6.07) is 0. The summed E-state index contributed by atoms with van der Waals surface area (Å²) in [6.07, 6.45) is 17.0. The molecule has 8 atom stereocenters. The van der Waals surface area contributed by atoms with E-state index in [1.165, 1.54) is 56.9 Å². The van der Waals surface area contributed by atoms with Gasteiger partial charge in [-0.15, -0.1) is 0 Å². The molecular formula is C39H66O7. The van der Waals surface area contributed by atoms with Crippen LogP contribution < -0.4 is 0 Å². The summed E-state index contributed by atoms with van der Waals surface area (Å²) in [5, 5.41) is 0. The predicted molar refractivity (Wildman–Crippen MR) is 181 cm³/mol. The minimum atomic E-state index is -0.361. The second-order valence-corrected chi connectivity index (χ2v) is 15.9. The van der Waals surface area contributed by atoms with Gasteiger partial charge in [0, 0.05) is 26.6 Å². The Kier molecular flexibility index (Phi) is 14.5. The molecule has 0 radical (unpaired) electrons. The molecule has 4 unspecified atom stereocenters. The van der Waals surface area contributed by atoms with E-state index in [1.807, 2.05) is 0 Å². The topological polar surface area (TPSA) is 80.3 Å². The van der Waals surface area contributed by atoms with Crippen LogP contribution in [0.1, 0.15) is 125 Å². The van der Waals surface area contributed by atoms with Gasteiger partial charge in [0.1, 0.15) is 6.10 Å². The molecule has 4 aliphatic rings. The van der Waals surface area contributed by atoms with Gasteiger partial charge in [0.15, 0.2) is 0 Å². The smallest absolute Gasteiger partial charge is 0.306 e. The van der Waals surface area contributed by atoms with E-state index in [0.717, 1.165) is 54.8 Å². The summed E-state index contributed by atoms with van der Waals surface area (Å²) in [7, 11) is 1.64. The van der Waals surface area contributed by atoms with Crippen molar-refractivity contribution in [2.75, 3.05) is 46.8 Å². The number of fused-ring (bicyclic) bond motifs is 5. The van der Waals surface area contributed by atoms with E-state index in [-0.39, 0.29) is 42.9 Å². The molecule has 3 saturated carbocycles. The Balaban J connectivity index is 1.17. The van der Waals surface area contributed by atoms with E-state index < -0.39 is 0 Å². The lowest BCUT2D eigenvalue weighted by atomic mass is 9.47. The third-order valence-electron chi connectivity index (χ3n) is 12.6. The van der Waals surface area contributed by atoms with Crippen LogP contribution in [0.5, 0.6) is 0 Å². The van der Waals surface area contributed by atoms with Gasteiger partial charge in [-0.05, 0) is 91.3 Å². The van der Waals surface area contributed by atoms with E-state index in [0.29, 0.717) is 44.9 Å². The Morgan fingerprint density at radius 2 is 1.57 bits per heavy atom. The molecule has 4 rings (SSSR count). The van der Waals surface area contributed by atoms with Crippen LogP contribution in [0.3, 0.4) is 0 Å². The SMILES string of the molecule is COCCOCCOCCCOC(=O)CCC(=O)OC1CC[C@@]2(C)C(=CCC3C2CC[C@@]2(C)C3CC[C@@H]2[C@H](C)CCCC(C)C)C1. The van der Waals surface area contributed by atoms with Gasteiger partial charge in [-0.25, -0.2) is 0 Å². The van der Waals surface area contributed by atoms with Crippen LogP contribution in [-0.2, 0) is 33.3 Å². The first-order chi connectivity index (χ1) is 22.1. The van der Waals surface area contributed by atoms with Gasteiger partial charge in [0.2, 0.25) is 0 Å². The molecule has 0 bridgehead atoms. The average molecular weight is 647 g/mol. The van der Waals surface area contributed by atoms with E-state index in [4.69, 9.17) is 23.7 Å². The summed E-state index contributed by atoms with van der Waals surface area (Å²) >= 11 is 0. The summed E-state index contributed by atoms with van der Waals surface area (Å²) in [4.78, 5) is 24.8. The highest BCUT2D eigenvalue weighted by Crippen LogP contribution is 2.67. The maximum atomic E-state index is 12.7. The standard InChI is InChI=1S/C39H66O7/c1-28(2)9-7-10-29(3)33-13-14-34-32-12-11-30-27-31(17-19-38(30,4)35(32)18-20-39(33,34)5)46-37(41)16-15-36(40)45-22-8-21-43-25-26-44-24-23-42-6/h11,28-29,31-35H,7-10,12-27H2,1-6H3/t29-,31?,32?,33-,34?,35?,38+,39-/m1/s1. The number of carbonyl (C=O) groups excluding carboxylic acids is 2. The van der Waals surface area contributed by atoms with Crippen molar-refractivity contribution in [1.82, 2.24) is 0 Å². The molecule has 46 heavy (non-hydrogen) atoms. The third kappa shape index (κ3) is 9.59. The maximum Gasteiger partial charge on any atom is 0.306 e. The zero-order valence-electron chi connectivity index (χ0n) is 30.1. The predicted octanol–water partition coefficient (Wildman–Crippen LogP) is 8.33. The molecule has 0 N–H and O–H groups in total. The molecular weight excluding hydrogens is 580 g/mol. The van der Waals surface area contributed by atoms with E-state index in [1.54, 1.807) is 7.11 Å². The van der Waals surface area contributed by atoms with Crippen LogP contribution in [0.15, 0.2) is 11.6 Å². The van der Waals surface area contributed by atoms with E-state index >= 15 is 0 Å². The summed E-state index contributed by atoms with van der Waals surface area (Å²) in [5.74, 6) is 4.30. The second-order valence-electron chi connectivity index (χ2n) is 15.9. The van der Waals surface area contributed by atoms with Crippen molar-refractivity contribution in [1.29, 1.82) is 0 Å². The molecule has 3 fully saturated rings. The van der Waals surface area contributed by atoms with Crippen molar-refractivity contribution >= 4 is 11.9 Å². The fourth-order valence-corrected chi connectivity index (χ4v) is 10.1. The van der Waals surface area contributed by atoms with Crippen molar-refractivity contribution in [3.8, 4) is 0 Å². The Morgan fingerprint density at radius 1 is 0.826 bits per heavy atom. The number of ether oxygens (including phenoxy) is 5. The molecule has 0 spiro atoms. The van der Waals surface area contributed by atoms with Gasteiger partial charge in [0.25, 0.3) is 0 Å². The third-order valence-corrected chi connectivity index (χ3v) is 12.6. The number of allylic oxidation sites excluding steroid dienone is 1. The summed E-state index contributed by atoms with van der Waals surface area (Å²) in [6.45, 7) is 15.4. The Hall–Kier alpha value is -1.44. The number of esters is 2. The molecule has 0 aromatic heterocycles. The van der Waals surface area contributed by atoms with Gasteiger partial charge in [-0.2, -0.15) is 0 Å². The first-order valence-electron chi connectivity index (χ1n) is 18.8. The van der Waals surface area contributed by atoms with Crippen LogP contribution in [0, 0.1) is 46.3 Å². The lowest BCUT2D eigenvalue weighted by Crippen LogP contribution is -2.51. The van der Waals surface area contributed by atoms with E-state index in [2.05, 4.69) is 40.7 Å². The molecule has 0 amide bonds. The second kappa shape index (κ2) is 17.8. The maximum absolute atomic E-state index is 12.7. The largest absolute Gasteiger partial charge is 0.466 e. The highest BCUT2D eigenvalue weighted by molar-refractivity contribution is 5.77. The van der Waals surface area contributed by atoms with Gasteiger partial charge in [-0.1, -0.05) is 65.5 Å². The van der Waals surface area contributed by atoms with Crippen LogP contribution in [0.4, 0.5) is 0 Å². The molecule has 0 aromatic rings. The van der Waals surface area contributed by atoms with E-state index in [9.17, 15) is 9.59 Å². The monoisotopic (exact) mass is 646 g/mol. The summed E-state index contributed by atoms with van der Waals surface area (Å²) < 4.78 is 26.9. The Morgan fingerprint density at radius 3 is 2.33 bits per heavy atom. The highest BCUT2D eigenvalue weighted by atomic mass is 16.6. The zero-order chi connectivity index (χ0) is 33.2. The fourth-order valence-electron chi connectivity index (χ4n) is 10.1. The molecule has 0 aromatic carbocycles. The number of methoxy groups -OCH3 is 1. The van der Waals surface area contributed by atoms with Crippen molar-refractivity contribution in [3.63, 3.8) is 0 Å². The zero-order valence-corrected chi connectivity index (χ0v) is 30.1. The number of rotatable bonds is 19. The van der Waals surface area contributed by atoms with Crippen molar-refractivity contribution < 1.29 is 33.3 Å². The highest BCUT2D eigenvalue weighted by Gasteiger charge is 2.59. The lowest BCUT2D eigenvalue weighted by molar-refractivity contribution is -0.155. The van der Waals surface area contributed by atoms with Crippen LogP contribution in [-0.4, -0.2) is 64.8 Å². The minimum absolute atomic E-state index is 0.0570. The van der Waals surface area contributed by atoms with Crippen molar-refractivity contribution in [2.45, 2.75) is 131 Å². The van der Waals surface area contributed by atoms with Gasteiger partial charge in [0.05, 0.1) is 45.9 Å². The Labute approximate surface area is 280 Å². The molecule has 0 saturated heterocycles. The van der Waals surface area contributed by atoms with Crippen molar-refractivity contribution in [3.05, 3.63) is 11.6 Å². The molecule has 4 aliphatic carbocycles. The molecule has 7 heteroatoms. The number of carbonyl (C=O) groups is 2. The molecule has 264 valence electrons. The van der Waals surface area contributed by atoms with Gasteiger partial charge in [-0.3, -0.25) is 9.59 Å². The van der Waals surface area contributed by atoms with Gasteiger partial charge >= 0.3 is 11.9 Å². The van der Waals surface area contributed by atoms with Crippen LogP contribution >= 0.6 is 0 Å². The molecule has 0 aliphatic heterocycles. The minimum Gasteiger partial charge on any atom is -0.466 e. The molecule has 0 heterocycles. The number of hydrogen-bond donors (Lipinski definition) is 0. The first kappa shape index (κ1) is 37.4. The van der Waals surface area contributed by atoms with Crippen LogP contribution in [0.2, 0.25) is 0 Å². The fraction of sp³-hybridized carbons (Fsp3) is 0.897. The Bertz CT molecular complexity index is 993. The lowest BCUT2D eigenvalue weighted by Gasteiger charge is -2.58. The summed E-state index contributed by atoms with van der Waals surface area (Å²) in [5.41, 5.74) is 2.26. The average Bonchev–Trinajstić information content (AvgIpc) is 3.38. The quantitative estimate of drug-likeness (QED) is 0.0793. The normalized spacial score (nSPS) is 32.7. The number of hydrogen-bond acceptors (Lipinski definition) is 7. The first-order valence-corrected chi connectivity index (χ1v) is 18.8. The molecule has 7 nitrogen and oxygen atoms in total. The van der Waals surface area contributed by atoms with Crippen LogP contribution in [0.25, 0.3) is 0 Å².